The number of benzene rings is 2. The summed E-state index contributed by atoms with van der Waals surface area (Å²) in [6.45, 7) is 2.64. The van der Waals surface area contributed by atoms with Crippen molar-refractivity contribution in [3.8, 4) is 0 Å². The van der Waals surface area contributed by atoms with Gasteiger partial charge in [-0.1, -0.05) is 23.7 Å². The summed E-state index contributed by atoms with van der Waals surface area (Å²) >= 11 is 5.77. The van der Waals surface area contributed by atoms with Gasteiger partial charge in [0.25, 0.3) is 0 Å². The van der Waals surface area contributed by atoms with Gasteiger partial charge in [0.2, 0.25) is 26.0 Å². The second kappa shape index (κ2) is 9.66. The van der Waals surface area contributed by atoms with Crippen LogP contribution in [0.2, 0.25) is 5.02 Å². The molecule has 2 aromatic rings. The average Bonchev–Trinajstić information content (AvgIpc) is 3.28. The number of nitrogens with one attached hydrogen (secondary N) is 2. The van der Waals surface area contributed by atoms with Crippen LogP contribution in [0.15, 0.2) is 58.3 Å². The van der Waals surface area contributed by atoms with E-state index in [1.165, 1.54) is 47.6 Å². The topological polar surface area (TPSA) is 113 Å². The molecule has 0 aromatic heterocycles. The number of rotatable bonds is 8. The third kappa shape index (κ3) is 5.83. The van der Waals surface area contributed by atoms with Crippen LogP contribution in [0, 0.1) is 0 Å². The van der Waals surface area contributed by atoms with Gasteiger partial charge in [0.1, 0.15) is 0 Å². The van der Waals surface area contributed by atoms with Crippen molar-refractivity contribution < 1.29 is 21.6 Å². The first-order valence-corrected chi connectivity index (χ1v) is 13.0. The van der Waals surface area contributed by atoms with E-state index in [0.29, 0.717) is 23.7 Å². The maximum atomic E-state index is 12.6. The minimum absolute atomic E-state index is 0.00588. The number of carbonyl (C=O) groups is 1. The first kappa shape index (κ1) is 23.7. The number of nitrogens with zero attached hydrogens (tertiary/aromatic N) is 1. The largest absolute Gasteiger partial charge is 0.351 e. The van der Waals surface area contributed by atoms with Crippen molar-refractivity contribution in [2.24, 2.45) is 0 Å². The zero-order valence-electron chi connectivity index (χ0n) is 16.9. The molecule has 168 valence electrons. The second-order valence-corrected chi connectivity index (χ2v) is 11.4. The third-order valence-corrected chi connectivity index (χ3v) is 8.66. The minimum Gasteiger partial charge on any atom is -0.351 e. The molecule has 1 aliphatic heterocycles. The number of hydrogen-bond acceptors (Lipinski definition) is 5. The Bertz CT molecular complexity index is 1130. The van der Waals surface area contributed by atoms with Crippen LogP contribution in [0.3, 0.4) is 0 Å². The number of amides is 1. The van der Waals surface area contributed by atoms with Gasteiger partial charge in [0, 0.05) is 24.7 Å². The third-order valence-electron chi connectivity index (χ3n) is 4.94. The van der Waals surface area contributed by atoms with Crippen molar-refractivity contribution in [3.05, 3.63) is 59.1 Å². The molecule has 0 bridgehead atoms. The van der Waals surface area contributed by atoms with Crippen molar-refractivity contribution in [1.82, 2.24) is 14.3 Å². The van der Waals surface area contributed by atoms with E-state index in [2.05, 4.69) is 10.0 Å². The Hall–Kier alpha value is -1.98. The molecule has 0 unspecified atom stereocenters. The smallest absolute Gasteiger partial charge is 0.243 e. The highest BCUT2D eigenvalue weighted by atomic mass is 35.5. The predicted molar refractivity (Wildman–Crippen MR) is 118 cm³/mol. The number of halogens is 1. The van der Waals surface area contributed by atoms with Gasteiger partial charge in [-0.3, -0.25) is 4.79 Å². The van der Waals surface area contributed by atoms with Gasteiger partial charge < -0.3 is 5.32 Å². The molecule has 0 aliphatic carbocycles. The van der Waals surface area contributed by atoms with Crippen molar-refractivity contribution in [3.63, 3.8) is 0 Å². The molecule has 8 nitrogen and oxygen atoms in total. The quantitative estimate of drug-likeness (QED) is 0.594. The fraction of sp³-hybridized carbons (Fsp3) is 0.350. The first-order chi connectivity index (χ1) is 14.6. The van der Waals surface area contributed by atoms with Gasteiger partial charge in [-0.15, -0.1) is 0 Å². The Morgan fingerprint density at radius 3 is 2.10 bits per heavy atom. The van der Waals surface area contributed by atoms with Crippen LogP contribution in [0.1, 0.15) is 25.3 Å². The van der Waals surface area contributed by atoms with E-state index in [1.54, 1.807) is 12.1 Å². The van der Waals surface area contributed by atoms with E-state index in [4.69, 9.17) is 11.6 Å². The van der Waals surface area contributed by atoms with Gasteiger partial charge in [0.05, 0.1) is 15.8 Å². The molecule has 1 atom stereocenters. The molecule has 11 heteroatoms. The molecule has 1 amide bonds. The fourth-order valence-corrected chi connectivity index (χ4v) is 6.01. The monoisotopic (exact) mass is 485 g/mol. The van der Waals surface area contributed by atoms with Crippen molar-refractivity contribution in [1.29, 1.82) is 0 Å². The lowest BCUT2D eigenvalue weighted by atomic mass is 10.2. The van der Waals surface area contributed by atoms with Gasteiger partial charge >= 0.3 is 0 Å². The Morgan fingerprint density at radius 1 is 0.968 bits per heavy atom. The first-order valence-electron chi connectivity index (χ1n) is 9.74. The number of sulfonamides is 2. The fourth-order valence-electron chi connectivity index (χ4n) is 3.17. The lowest BCUT2D eigenvalue weighted by molar-refractivity contribution is -0.122. The van der Waals surface area contributed by atoms with Gasteiger partial charge in [-0.25, -0.2) is 16.8 Å². The van der Waals surface area contributed by atoms with Crippen LogP contribution in [0.5, 0.6) is 0 Å². The Balaban J connectivity index is 1.57. The van der Waals surface area contributed by atoms with Crippen molar-refractivity contribution in [2.45, 2.75) is 42.1 Å². The summed E-state index contributed by atoms with van der Waals surface area (Å²) in [5.74, 6) is -0.508. The molecule has 1 aliphatic rings. The molecule has 0 saturated carbocycles. The highest BCUT2D eigenvalue weighted by Gasteiger charge is 2.27. The molecule has 1 heterocycles. The van der Waals surface area contributed by atoms with E-state index >= 15 is 0 Å². The molecule has 1 fully saturated rings. The summed E-state index contributed by atoms with van der Waals surface area (Å²) < 4.78 is 53.7. The average molecular weight is 486 g/mol. The molecular formula is C20H24ClN3O5S2. The molecule has 2 aromatic carbocycles. The molecule has 0 spiro atoms. The maximum Gasteiger partial charge on any atom is 0.243 e. The Morgan fingerprint density at radius 2 is 1.52 bits per heavy atom. The van der Waals surface area contributed by atoms with Crippen LogP contribution in [-0.4, -0.2) is 46.2 Å². The Kier molecular flexibility index (Phi) is 7.38. The molecule has 3 rings (SSSR count). The van der Waals surface area contributed by atoms with Gasteiger partial charge in [-0.2, -0.15) is 9.03 Å². The number of carbonyl (C=O) groups excluding carboxylic acids is 1. The summed E-state index contributed by atoms with van der Waals surface area (Å²) in [5, 5.41) is 3.05. The summed E-state index contributed by atoms with van der Waals surface area (Å²) in [7, 11) is -7.36. The summed E-state index contributed by atoms with van der Waals surface area (Å²) in [4.78, 5) is 12.5. The van der Waals surface area contributed by atoms with Crippen LogP contribution in [-0.2, 0) is 31.4 Å². The van der Waals surface area contributed by atoms with Crippen LogP contribution in [0.4, 0.5) is 0 Å². The molecule has 2 N–H and O–H groups in total. The van der Waals surface area contributed by atoms with E-state index in [1.807, 2.05) is 0 Å². The Labute approximate surface area is 187 Å². The summed E-state index contributed by atoms with van der Waals surface area (Å²) in [5.41, 5.74) is 0.696. The SMILES string of the molecule is C[C@H](NS(=O)(=O)c1ccc(Cl)cc1)C(=O)NCc1ccc(S(=O)(=O)N2CCCC2)cc1. The summed E-state index contributed by atoms with van der Waals surface area (Å²) in [6.07, 6.45) is 1.73. The lowest BCUT2D eigenvalue weighted by Crippen LogP contribution is -2.44. The molecule has 0 radical (unpaired) electrons. The van der Waals surface area contributed by atoms with Crippen LogP contribution >= 0.6 is 11.6 Å². The second-order valence-electron chi connectivity index (χ2n) is 7.27. The highest BCUT2D eigenvalue weighted by Crippen LogP contribution is 2.21. The van der Waals surface area contributed by atoms with E-state index in [0.717, 1.165) is 12.8 Å². The van der Waals surface area contributed by atoms with Crippen LogP contribution in [0.25, 0.3) is 0 Å². The van der Waals surface area contributed by atoms with Gasteiger partial charge in [0.15, 0.2) is 0 Å². The predicted octanol–water partition coefficient (Wildman–Crippen LogP) is 2.11. The molecular weight excluding hydrogens is 462 g/mol. The highest BCUT2D eigenvalue weighted by molar-refractivity contribution is 7.89. The van der Waals surface area contributed by atoms with Crippen molar-refractivity contribution in [2.75, 3.05) is 13.1 Å². The van der Waals surface area contributed by atoms with Gasteiger partial charge in [-0.05, 0) is 61.7 Å². The summed E-state index contributed by atoms with van der Waals surface area (Å²) in [6, 6.07) is 10.9. The lowest BCUT2D eigenvalue weighted by Gasteiger charge is -2.16. The number of hydrogen-bond donors (Lipinski definition) is 2. The zero-order chi connectivity index (χ0) is 22.6. The van der Waals surface area contributed by atoms with E-state index in [-0.39, 0.29) is 16.3 Å². The standard InChI is InChI=1S/C20H24ClN3O5S2/c1-15(23-30(26,27)18-10-6-17(21)7-11-18)20(25)22-14-16-4-8-19(9-5-16)31(28,29)24-12-2-3-13-24/h4-11,15,23H,2-3,12-14H2,1H3,(H,22,25)/t15-/m0/s1. The van der Waals surface area contributed by atoms with E-state index < -0.39 is 32.0 Å². The normalized spacial score (nSPS) is 16.2. The zero-order valence-corrected chi connectivity index (χ0v) is 19.3. The minimum atomic E-state index is -3.88. The molecule has 31 heavy (non-hydrogen) atoms. The van der Waals surface area contributed by atoms with Crippen LogP contribution < -0.4 is 10.0 Å². The van der Waals surface area contributed by atoms with Crippen molar-refractivity contribution >= 4 is 37.6 Å². The van der Waals surface area contributed by atoms with E-state index in [9.17, 15) is 21.6 Å². The molecule has 1 saturated heterocycles. The maximum absolute atomic E-state index is 12.6.